The Bertz CT molecular complexity index is 563. The van der Waals surface area contributed by atoms with Crippen molar-refractivity contribution in [1.29, 1.82) is 0 Å². The number of methoxy groups -OCH3 is 2. The van der Waals surface area contributed by atoms with Crippen LogP contribution in [-0.4, -0.2) is 20.3 Å². The van der Waals surface area contributed by atoms with Crippen molar-refractivity contribution in [2.75, 3.05) is 24.9 Å². The van der Waals surface area contributed by atoms with Gasteiger partial charge in [-0.2, -0.15) is 0 Å². The molecule has 104 valence electrons. The van der Waals surface area contributed by atoms with Gasteiger partial charge >= 0.3 is 6.03 Å². The highest BCUT2D eigenvalue weighted by Gasteiger charge is 2.06. The zero-order valence-electron chi connectivity index (χ0n) is 11.3. The van der Waals surface area contributed by atoms with Crippen molar-refractivity contribution in [3.63, 3.8) is 0 Å². The molecule has 0 bridgehead atoms. The van der Waals surface area contributed by atoms with E-state index in [9.17, 15) is 4.79 Å². The summed E-state index contributed by atoms with van der Waals surface area (Å²) in [6, 6.07) is 14.1. The molecule has 2 rings (SSSR count). The zero-order valence-corrected chi connectivity index (χ0v) is 11.3. The van der Waals surface area contributed by atoms with E-state index in [0.717, 1.165) is 5.69 Å². The monoisotopic (exact) mass is 272 g/mol. The van der Waals surface area contributed by atoms with Crippen LogP contribution in [0.4, 0.5) is 16.2 Å². The molecule has 5 heteroatoms. The maximum Gasteiger partial charge on any atom is 0.323 e. The van der Waals surface area contributed by atoms with Crippen molar-refractivity contribution in [2.45, 2.75) is 0 Å². The molecule has 0 aliphatic rings. The summed E-state index contributed by atoms with van der Waals surface area (Å²) < 4.78 is 10.3. The Morgan fingerprint density at radius 3 is 1.95 bits per heavy atom. The maximum atomic E-state index is 11.9. The van der Waals surface area contributed by atoms with Crippen molar-refractivity contribution in [1.82, 2.24) is 0 Å². The molecule has 0 heterocycles. The molecule has 0 aromatic heterocycles. The van der Waals surface area contributed by atoms with E-state index < -0.39 is 0 Å². The third-order valence-corrected chi connectivity index (χ3v) is 2.64. The van der Waals surface area contributed by atoms with Crippen molar-refractivity contribution in [3.8, 4) is 11.5 Å². The highest BCUT2D eigenvalue weighted by Crippen LogP contribution is 2.25. The molecule has 0 fully saturated rings. The van der Waals surface area contributed by atoms with E-state index in [-0.39, 0.29) is 6.03 Å². The predicted molar refractivity (Wildman–Crippen MR) is 78.6 cm³/mol. The van der Waals surface area contributed by atoms with Gasteiger partial charge < -0.3 is 20.1 Å². The van der Waals surface area contributed by atoms with E-state index in [1.807, 2.05) is 30.3 Å². The van der Waals surface area contributed by atoms with E-state index in [0.29, 0.717) is 17.2 Å². The van der Waals surface area contributed by atoms with Gasteiger partial charge in [-0.15, -0.1) is 0 Å². The Balaban J connectivity index is 2.07. The van der Waals surface area contributed by atoms with Crippen LogP contribution in [0.2, 0.25) is 0 Å². The smallest absolute Gasteiger partial charge is 0.323 e. The molecule has 0 atom stereocenters. The van der Waals surface area contributed by atoms with Gasteiger partial charge in [0.1, 0.15) is 11.5 Å². The minimum Gasteiger partial charge on any atom is -0.497 e. The van der Waals surface area contributed by atoms with E-state index in [2.05, 4.69) is 10.6 Å². The number of ether oxygens (including phenoxy) is 2. The lowest BCUT2D eigenvalue weighted by atomic mass is 10.3. The number of nitrogens with one attached hydrogen (secondary N) is 2. The van der Waals surface area contributed by atoms with Gasteiger partial charge in [0.05, 0.1) is 14.2 Å². The molecule has 2 amide bonds. The number of rotatable bonds is 4. The van der Waals surface area contributed by atoms with Crippen molar-refractivity contribution >= 4 is 17.4 Å². The van der Waals surface area contributed by atoms with Crippen molar-refractivity contribution in [3.05, 3.63) is 48.5 Å². The lowest BCUT2D eigenvalue weighted by molar-refractivity contribution is 0.262. The standard InChI is InChI=1S/C15H16N2O3/c1-19-13-8-12(9-14(10-13)20-2)17-15(18)16-11-6-4-3-5-7-11/h3-10H,1-2H3,(H2,16,17,18). The summed E-state index contributed by atoms with van der Waals surface area (Å²) in [5.41, 5.74) is 1.31. The molecular weight excluding hydrogens is 256 g/mol. The molecule has 20 heavy (non-hydrogen) atoms. The Morgan fingerprint density at radius 1 is 0.850 bits per heavy atom. The fraction of sp³-hybridized carbons (Fsp3) is 0.133. The molecule has 2 aromatic rings. The van der Waals surface area contributed by atoms with Crippen LogP contribution < -0.4 is 20.1 Å². The van der Waals surface area contributed by atoms with Gasteiger partial charge in [0.2, 0.25) is 0 Å². The minimum atomic E-state index is -0.327. The molecule has 0 aliphatic carbocycles. The average molecular weight is 272 g/mol. The number of hydrogen-bond donors (Lipinski definition) is 2. The van der Waals surface area contributed by atoms with Crippen LogP contribution in [0.25, 0.3) is 0 Å². The fourth-order valence-electron chi connectivity index (χ4n) is 1.69. The molecule has 0 saturated carbocycles. The van der Waals surface area contributed by atoms with E-state index in [1.165, 1.54) is 0 Å². The molecule has 0 saturated heterocycles. The number of carbonyl (C=O) groups excluding carboxylic acids is 1. The Kier molecular flexibility index (Phi) is 4.44. The van der Waals surface area contributed by atoms with Crippen LogP contribution in [0, 0.1) is 0 Å². The van der Waals surface area contributed by atoms with E-state index >= 15 is 0 Å². The number of hydrogen-bond acceptors (Lipinski definition) is 3. The number of amides is 2. The summed E-state index contributed by atoms with van der Waals surface area (Å²) in [4.78, 5) is 11.9. The Labute approximate surface area is 117 Å². The largest absolute Gasteiger partial charge is 0.497 e. The molecule has 2 N–H and O–H groups in total. The average Bonchev–Trinajstić information content (AvgIpc) is 2.47. The first-order valence-corrected chi connectivity index (χ1v) is 6.07. The van der Waals surface area contributed by atoms with Crippen LogP contribution in [0.3, 0.4) is 0 Å². The SMILES string of the molecule is COc1cc(NC(=O)Nc2ccccc2)cc(OC)c1. The Hall–Kier alpha value is -2.69. The second-order valence-electron chi connectivity index (χ2n) is 4.05. The number of urea groups is 1. The first kappa shape index (κ1) is 13.7. The van der Waals surface area contributed by atoms with Gasteiger partial charge in [0, 0.05) is 29.6 Å². The molecular formula is C15H16N2O3. The predicted octanol–water partition coefficient (Wildman–Crippen LogP) is 3.35. The highest BCUT2D eigenvalue weighted by molar-refractivity contribution is 5.99. The third-order valence-electron chi connectivity index (χ3n) is 2.64. The van der Waals surface area contributed by atoms with Gasteiger partial charge in [0.25, 0.3) is 0 Å². The van der Waals surface area contributed by atoms with Crippen LogP contribution >= 0.6 is 0 Å². The van der Waals surface area contributed by atoms with E-state index in [4.69, 9.17) is 9.47 Å². The lowest BCUT2D eigenvalue weighted by Crippen LogP contribution is -2.19. The van der Waals surface area contributed by atoms with Crippen LogP contribution in [0.5, 0.6) is 11.5 Å². The second kappa shape index (κ2) is 6.47. The highest BCUT2D eigenvalue weighted by atomic mass is 16.5. The van der Waals surface area contributed by atoms with Gasteiger partial charge in [-0.05, 0) is 12.1 Å². The van der Waals surface area contributed by atoms with E-state index in [1.54, 1.807) is 32.4 Å². The van der Waals surface area contributed by atoms with Crippen LogP contribution in [-0.2, 0) is 0 Å². The summed E-state index contributed by atoms with van der Waals surface area (Å²) in [5.74, 6) is 1.22. The fourth-order valence-corrected chi connectivity index (χ4v) is 1.69. The molecule has 0 radical (unpaired) electrons. The van der Waals surface area contributed by atoms with Gasteiger partial charge in [0.15, 0.2) is 0 Å². The second-order valence-corrected chi connectivity index (χ2v) is 4.05. The number of para-hydroxylation sites is 1. The lowest BCUT2D eigenvalue weighted by Gasteiger charge is -2.10. The summed E-state index contributed by atoms with van der Waals surface area (Å²) >= 11 is 0. The summed E-state index contributed by atoms with van der Waals surface area (Å²) in [5, 5.41) is 5.46. The molecule has 0 aliphatic heterocycles. The topological polar surface area (TPSA) is 59.6 Å². The quantitative estimate of drug-likeness (QED) is 0.897. The first-order valence-electron chi connectivity index (χ1n) is 6.07. The minimum absolute atomic E-state index is 0.327. The molecule has 0 spiro atoms. The van der Waals surface area contributed by atoms with Gasteiger partial charge in [-0.1, -0.05) is 18.2 Å². The van der Waals surface area contributed by atoms with Crippen LogP contribution in [0.15, 0.2) is 48.5 Å². The maximum absolute atomic E-state index is 11.9. The van der Waals surface area contributed by atoms with Gasteiger partial charge in [-0.25, -0.2) is 4.79 Å². The number of benzene rings is 2. The van der Waals surface area contributed by atoms with Crippen molar-refractivity contribution in [2.24, 2.45) is 0 Å². The summed E-state index contributed by atoms with van der Waals surface area (Å²) in [6.07, 6.45) is 0. The zero-order chi connectivity index (χ0) is 14.4. The number of carbonyl (C=O) groups is 1. The molecule has 5 nitrogen and oxygen atoms in total. The first-order chi connectivity index (χ1) is 9.71. The van der Waals surface area contributed by atoms with Gasteiger partial charge in [-0.3, -0.25) is 0 Å². The Morgan fingerprint density at radius 2 is 1.40 bits per heavy atom. The molecule has 0 unspecified atom stereocenters. The summed E-state index contributed by atoms with van der Waals surface area (Å²) in [6.45, 7) is 0. The normalized spacial score (nSPS) is 9.70. The summed E-state index contributed by atoms with van der Waals surface area (Å²) in [7, 11) is 3.12. The van der Waals surface area contributed by atoms with Crippen molar-refractivity contribution < 1.29 is 14.3 Å². The molecule has 2 aromatic carbocycles. The number of anilines is 2. The third kappa shape index (κ3) is 3.65. The van der Waals surface area contributed by atoms with Crippen LogP contribution in [0.1, 0.15) is 0 Å².